The highest BCUT2D eigenvalue weighted by Gasteiger charge is 2.19. The van der Waals surface area contributed by atoms with Crippen molar-refractivity contribution < 1.29 is 14.6 Å². The summed E-state index contributed by atoms with van der Waals surface area (Å²) in [6, 6.07) is 5.59. The van der Waals surface area contributed by atoms with Crippen LogP contribution in [0.1, 0.15) is 11.1 Å². The van der Waals surface area contributed by atoms with E-state index in [1.807, 2.05) is 30.0 Å². The van der Waals surface area contributed by atoms with Crippen molar-refractivity contribution >= 4 is 5.91 Å². The van der Waals surface area contributed by atoms with Gasteiger partial charge in [-0.1, -0.05) is 18.2 Å². The molecule has 0 radical (unpaired) electrons. The van der Waals surface area contributed by atoms with E-state index in [0.717, 1.165) is 37.3 Å². The van der Waals surface area contributed by atoms with Gasteiger partial charge in [-0.15, -0.1) is 0 Å². The highest BCUT2D eigenvalue weighted by Crippen LogP contribution is 2.23. The number of hydrogen-bond donors (Lipinski definition) is 1. The van der Waals surface area contributed by atoms with E-state index in [2.05, 4.69) is 11.9 Å². The second-order valence-corrected chi connectivity index (χ2v) is 5.19. The zero-order chi connectivity index (χ0) is 14.5. The average molecular weight is 278 g/mol. The Hall–Kier alpha value is -1.59. The number of ether oxygens (including phenoxy) is 1. The standard InChI is InChI=1S/C15H22N2O3/c1-12-4-3-5-13(10-18)15(12)20-11-14(19)17-8-6-16(2)7-9-17/h3-5,18H,6-11H2,1-2H3. The van der Waals surface area contributed by atoms with Gasteiger partial charge in [0.25, 0.3) is 5.91 Å². The molecular weight excluding hydrogens is 256 g/mol. The van der Waals surface area contributed by atoms with Crippen molar-refractivity contribution in [2.45, 2.75) is 13.5 Å². The number of carbonyl (C=O) groups is 1. The number of para-hydroxylation sites is 1. The third-order valence-corrected chi connectivity index (χ3v) is 3.66. The predicted molar refractivity (Wildman–Crippen MR) is 76.7 cm³/mol. The van der Waals surface area contributed by atoms with Crippen molar-refractivity contribution in [3.05, 3.63) is 29.3 Å². The maximum atomic E-state index is 12.1. The summed E-state index contributed by atoms with van der Waals surface area (Å²) in [5.74, 6) is 0.628. The van der Waals surface area contributed by atoms with Crippen LogP contribution < -0.4 is 4.74 Å². The van der Waals surface area contributed by atoms with Crippen molar-refractivity contribution in [3.63, 3.8) is 0 Å². The largest absolute Gasteiger partial charge is 0.483 e. The summed E-state index contributed by atoms with van der Waals surface area (Å²) in [5, 5.41) is 9.31. The van der Waals surface area contributed by atoms with E-state index in [-0.39, 0.29) is 19.1 Å². The van der Waals surface area contributed by atoms with Gasteiger partial charge in [0.1, 0.15) is 5.75 Å². The van der Waals surface area contributed by atoms with Crippen LogP contribution >= 0.6 is 0 Å². The highest BCUT2D eigenvalue weighted by atomic mass is 16.5. The zero-order valence-electron chi connectivity index (χ0n) is 12.1. The Morgan fingerprint density at radius 2 is 2.00 bits per heavy atom. The summed E-state index contributed by atoms with van der Waals surface area (Å²) in [4.78, 5) is 16.1. The fourth-order valence-corrected chi connectivity index (χ4v) is 2.33. The number of hydrogen-bond acceptors (Lipinski definition) is 4. The number of benzene rings is 1. The van der Waals surface area contributed by atoms with Crippen LogP contribution in [0.4, 0.5) is 0 Å². The second-order valence-electron chi connectivity index (χ2n) is 5.19. The molecule has 5 heteroatoms. The van der Waals surface area contributed by atoms with E-state index >= 15 is 0 Å². The van der Waals surface area contributed by atoms with Crippen LogP contribution in [0.5, 0.6) is 5.75 Å². The number of aliphatic hydroxyl groups is 1. The van der Waals surface area contributed by atoms with Crippen LogP contribution in [0.15, 0.2) is 18.2 Å². The number of amides is 1. The summed E-state index contributed by atoms with van der Waals surface area (Å²) >= 11 is 0. The zero-order valence-corrected chi connectivity index (χ0v) is 12.1. The number of aliphatic hydroxyl groups excluding tert-OH is 1. The molecular formula is C15H22N2O3. The fourth-order valence-electron chi connectivity index (χ4n) is 2.33. The van der Waals surface area contributed by atoms with Gasteiger partial charge in [-0.3, -0.25) is 4.79 Å². The molecule has 1 aromatic carbocycles. The lowest BCUT2D eigenvalue weighted by atomic mass is 10.1. The molecule has 0 spiro atoms. The number of nitrogens with zero attached hydrogens (tertiary/aromatic N) is 2. The van der Waals surface area contributed by atoms with Gasteiger partial charge < -0.3 is 19.6 Å². The quantitative estimate of drug-likeness (QED) is 0.878. The lowest BCUT2D eigenvalue weighted by molar-refractivity contribution is -0.134. The first-order valence-corrected chi connectivity index (χ1v) is 6.90. The van der Waals surface area contributed by atoms with Crippen LogP contribution in [0, 0.1) is 6.92 Å². The van der Waals surface area contributed by atoms with Crippen molar-refractivity contribution in [2.24, 2.45) is 0 Å². The van der Waals surface area contributed by atoms with Gasteiger partial charge in [0.2, 0.25) is 0 Å². The number of piperazine rings is 1. The van der Waals surface area contributed by atoms with Gasteiger partial charge in [0, 0.05) is 31.7 Å². The smallest absolute Gasteiger partial charge is 0.260 e. The molecule has 1 amide bonds. The molecule has 1 N–H and O–H groups in total. The minimum Gasteiger partial charge on any atom is -0.483 e. The Kier molecular flexibility index (Phi) is 4.98. The SMILES string of the molecule is Cc1cccc(CO)c1OCC(=O)N1CCN(C)CC1. The third-order valence-electron chi connectivity index (χ3n) is 3.66. The Morgan fingerprint density at radius 1 is 1.30 bits per heavy atom. The number of aryl methyl sites for hydroxylation is 1. The Balaban J connectivity index is 1.93. The molecule has 0 saturated carbocycles. The normalized spacial score (nSPS) is 16.2. The van der Waals surface area contributed by atoms with Crippen molar-refractivity contribution in [3.8, 4) is 5.75 Å². The summed E-state index contributed by atoms with van der Waals surface area (Å²) in [6.07, 6.45) is 0. The van der Waals surface area contributed by atoms with Crippen molar-refractivity contribution in [1.29, 1.82) is 0 Å². The summed E-state index contributed by atoms with van der Waals surface area (Å²) in [7, 11) is 2.05. The van der Waals surface area contributed by atoms with Gasteiger partial charge in [-0.2, -0.15) is 0 Å². The molecule has 1 heterocycles. The van der Waals surface area contributed by atoms with Crippen LogP contribution in [-0.4, -0.2) is 60.6 Å². The highest BCUT2D eigenvalue weighted by molar-refractivity contribution is 5.78. The van der Waals surface area contributed by atoms with Crippen molar-refractivity contribution in [2.75, 3.05) is 39.8 Å². The minimum atomic E-state index is -0.0836. The molecule has 0 unspecified atom stereocenters. The molecule has 0 atom stereocenters. The summed E-state index contributed by atoms with van der Waals surface area (Å²) in [6.45, 7) is 5.16. The van der Waals surface area contributed by atoms with E-state index in [1.54, 1.807) is 0 Å². The number of likely N-dealkylation sites (N-methyl/N-ethyl adjacent to an activating group) is 1. The van der Waals surface area contributed by atoms with E-state index in [1.165, 1.54) is 0 Å². The van der Waals surface area contributed by atoms with Gasteiger partial charge in [0.05, 0.1) is 6.61 Å². The fraction of sp³-hybridized carbons (Fsp3) is 0.533. The second kappa shape index (κ2) is 6.72. The molecule has 5 nitrogen and oxygen atoms in total. The van der Waals surface area contributed by atoms with E-state index in [0.29, 0.717) is 5.75 Å². The first-order chi connectivity index (χ1) is 9.61. The monoisotopic (exact) mass is 278 g/mol. The molecule has 0 aliphatic carbocycles. The predicted octanol–water partition coefficient (Wildman–Crippen LogP) is 0.640. The van der Waals surface area contributed by atoms with Gasteiger partial charge in [-0.25, -0.2) is 0 Å². The van der Waals surface area contributed by atoms with Crippen LogP contribution in [0.25, 0.3) is 0 Å². The Morgan fingerprint density at radius 3 is 2.65 bits per heavy atom. The molecule has 20 heavy (non-hydrogen) atoms. The maximum Gasteiger partial charge on any atom is 0.260 e. The molecule has 2 rings (SSSR count). The minimum absolute atomic E-state index is 0.00485. The Bertz CT molecular complexity index is 468. The molecule has 0 aromatic heterocycles. The Labute approximate surface area is 119 Å². The summed E-state index contributed by atoms with van der Waals surface area (Å²) in [5.41, 5.74) is 1.65. The molecule has 1 aromatic rings. The average Bonchev–Trinajstić information content (AvgIpc) is 2.46. The molecule has 0 bridgehead atoms. The lowest BCUT2D eigenvalue weighted by Gasteiger charge is -2.32. The van der Waals surface area contributed by atoms with Crippen LogP contribution in [0.2, 0.25) is 0 Å². The lowest BCUT2D eigenvalue weighted by Crippen LogP contribution is -2.48. The van der Waals surface area contributed by atoms with Gasteiger partial charge in [0.15, 0.2) is 6.61 Å². The topological polar surface area (TPSA) is 53.0 Å². The summed E-state index contributed by atoms with van der Waals surface area (Å²) < 4.78 is 5.64. The van der Waals surface area contributed by atoms with Crippen LogP contribution in [-0.2, 0) is 11.4 Å². The van der Waals surface area contributed by atoms with Gasteiger partial charge in [-0.05, 0) is 19.5 Å². The van der Waals surface area contributed by atoms with E-state index < -0.39 is 0 Å². The molecule has 110 valence electrons. The van der Waals surface area contributed by atoms with E-state index in [9.17, 15) is 9.90 Å². The first kappa shape index (κ1) is 14.8. The third kappa shape index (κ3) is 3.49. The molecule has 1 aliphatic rings. The number of carbonyl (C=O) groups excluding carboxylic acids is 1. The van der Waals surface area contributed by atoms with Crippen LogP contribution in [0.3, 0.4) is 0 Å². The first-order valence-electron chi connectivity index (χ1n) is 6.90. The molecule has 1 saturated heterocycles. The van der Waals surface area contributed by atoms with Gasteiger partial charge >= 0.3 is 0 Å². The molecule has 1 fully saturated rings. The van der Waals surface area contributed by atoms with E-state index in [4.69, 9.17) is 4.74 Å². The maximum absolute atomic E-state index is 12.1. The number of rotatable bonds is 4. The molecule has 1 aliphatic heterocycles. The van der Waals surface area contributed by atoms with Crippen molar-refractivity contribution in [1.82, 2.24) is 9.80 Å².